The Balaban J connectivity index is 1.38. The van der Waals surface area contributed by atoms with E-state index in [1.54, 1.807) is 12.7 Å². The lowest BCUT2D eigenvalue weighted by Gasteiger charge is -2.42. The molecule has 7 heterocycles. The molecule has 10 aromatic rings. The smallest absolute Gasteiger partial charge is 0.252 e. The molecule has 12 rings (SSSR count). The van der Waals surface area contributed by atoms with Crippen LogP contribution >= 0.6 is 0 Å². The maximum absolute atomic E-state index is 5.16. The third-order valence-corrected chi connectivity index (χ3v) is 14.1. The molecule has 0 fully saturated rings. The van der Waals surface area contributed by atoms with Crippen LogP contribution in [0.1, 0.15) is 105 Å². The molecule has 0 aliphatic carbocycles. The summed E-state index contributed by atoms with van der Waals surface area (Å²) in [5, 5.41) is 4.82. The summed E-state index contributed by atoms with van der Waals surface area (Å²) < 4.78 is 4.95. The van der Waals surface area contributed by atoms with Crippen molar-refractivity contribution in [2.24, 2.45) is 0 Å². The van der Waals surface area contributed by atoms with Crippen molar-refractivity contribution in [2.45, 2.75) is 105 Å². The fraction of sp³-hybridized carbons (Fsp3) is 0.296. The van der Waals surface area contributed by atoms with Crippen LogP contribution in [0.3, 0.4) is 0 Å². The summed E-state index contributed by atoms with van der Waals surface area (Å²) in [5.74, 6) is 0. The predicted octanol–water partition coefficient (Wildman–Crippen LogP) is 11.3. The minimum Gasteiger partial charge on any atom is -0.311 e. The summed E-state index contributed by atoms with van der Waals surface area (Å²) in [6.45, 7) is 27.8. The maximum Gasteiger partial charge on any atom is 0.252 e. The molecule has 5 aromatic heterocycles. The van der Waals surface area contributed by atoms with Crippen molar-refractivity contribution < 1.29 is 0 Å². The van der Waals surface area contributed by atoms with E-state index in [0.29, 0.717) is 0 Å². The molecule has 7 nitrogen and oxygen atoms in total. The van der Waals surface area contributed by atoms with E-state index in [2.05, 4.69) is 180 Å². The fourth-order valence-electron chi connectivity index (χ4n) is 10.8. The van der Waals surface area contributed by atoms with Crippen molar-refractivity contribution in [2.75, 3.05) is 4.90 Å². The third kappa shape index (κ3) is 4.84. The van der Waals surface area contributed by atoms with Gasteiger partial charge in [-0.15, -0.1) is 0 Å². The summed E-state index contributed by atoms with van der Waals surface area (Å²) in [7, 11) is 0. The number of rotatable bonds is 1. The molecule has 5 aromatic carbocycles. The third-order valence-electron chi connectivity index (χ3n) is 14.1. The Morgan fingerprint density at radius 2 is 1.02 bits per heavy atom. The van der Waals surface area contributed by atoms with Crippen LogP contribution in [0.5, 0.6) is 0 Å². The van der Waals surface area contributed by atoms with Gasteiger partial charge in [0.05, 0.1) is 56.6 Å². The summed E-state index contributed by atoms with van der Waals surface area (Å²) in [5.41, 5.74) is 21.1. The van der Waals surface area contributed by atoms with E-state index in [1.165, 1.54) is 77.5 Å². The van der Waals surface area contributed by atoms with Crippen molar-refractivity contribution >= 4 is 100 Å². The highest BCUT2D eigenvalue weighted by Gasteiger charge is 2.46. The SMILES string of the molecule is CC(C)(C)c1ccc(N2c3ccc(C(C)(C)C)cc3B3c4c2c2c5ncncc5n5c6cncnc6c(c4-n4c6ccc(C(C)(C)C)cc6c6cc(C(C)(C)C)cc3c64)c25)cc1. The maximum atomic E-state index is 5.16. The Kier molecular flexibility index (Phi) is 7.13. The van der Waals surface area contributed by atoms with Crippen molar-refractivity contribution in [3.05, 3.63) is 120 Å². The van der Waals surface area contributed by atoms with Crippen LogP contribution in [0.25, 0.3) is 65.8 Å². The monoisotopic (exact) mass is 809 g/mol. The van der Waals surface area contributed by atoms with Crippen LogP contribution in [-0.2, 0) is 21.7 Å². The van der Waals surface area contributed by atoms with E-state index in [9.17, 15) is 0 Å². The Morgan fingerprint density at radius 1 is 0.484 bits per heavy atom. The van der Waals surface area contributed by atoms with Gasteiger partial charge in [0.15, 0.2) is 0 Å². The number of nitrogens with zero attached hydrogens (tertiary/aromatic N) is 7. The average molecular weight is 810 g/mol. The first kappa shape index (κ1) is 37.5. The first-order chi connectivity index (χ1) is 29.3. The van der Waals surface area contributed by atoms with Gasteiger partial charge >= 0.3 is 0 Å². The molecule has 0 spiro atoms. The van der Waals surface area contributed by atoms with E-state index in [-0.39, 0.29) is 28.4 Å². The highest BCUT2D eigenvalue weighted by molar-refractivity contribution is 7.01. The van der Waals surface area contributed by atoms with Gasteiger partial charge in [0, 0.05) is 27.7 Å². The number of benzene rings is 5. The number of hydrogen-bond donors (Lipinski definition) is 0. The Hall–Kier alpha value is -6.28. The first-order valence-corrected chi connectivity index (χ1v) is 22.2. The number of aromatic nitrogens is 6. The van der Waals surface area contributed by atoms with E-state index < -0.39 is 0 Å². The van der Waals surface area contributed by atoms with Crippen LogP contribution < -0.4 is 21.3 Å². The molecule has 0 saturated heterocycles. The molecule has 0 unspecified atom stereocenters. The fourth-order valence-corrected chi connectivity index (χ4v) is 10.8. The van der Waals surface area contributed by atoms with E-state index in [0.717, 1.165) is 44.0 Å². The zero-order chi connectivity index (χ0) is 43.2. The quantitative estimate of drug-likeness (QED) is 0.155. The molecule has 0 saturated carbocycles. The van der Waals surface area contributed by atoms with Gasteiger partial charge in [0.2, 0.25) is 0 Å². The van der Waals surface area contributed by atoms with Crippen LogP contribution in [0.15, 0.2) is 97.8 Å². The second-order valence-corrected chi connectivity index (χ2v) is 22.2. The topological polar surface area (TPSA) is 64.1 Å². The van der Waals surface area contributed by atoms with Gasteiger partial charge in [0.25, 0.3) is 6.71 Å². The van der Waals surface area contributed by atoms with E-state index >= 15 is 0 Å². The molecule has 62 heavy (non-hydrogen) atoms. The van der Waals surface area contributed by atoms with Gasteiger partial charge < -0.3 is 13.9 Å². The van der Waals surface area contributed by atoms with Crippen molar-refractivity contribution in [3.8, 4) is 5.69 Å². The highest BCUT2D eigenvalue weighted by Crippen LogP contribution is 2.52. The predicted molar refractivity (Wildman–Crippen MR) is 261 cm³/mol. The molecule has 2 aliphatic rings. The number of fused-ring (bicyclic) bond motifs is 15. The van der Waals surface area contributed by atoms with Gasteiger partial charge in [-0.25, -0.2) is 19.9 Å². The van der Waals surface area contributed by atoms with E-state index in [4.69, 9.17) is 9.97 Å². The summed E-state index contributed by atoms with van der Waals surface area (Å²) in [6.07, 6.45) is 7.35. The second-order valence-electron chi connectivity index (χ2n) is 22.2. The molecule has 0 radical (unpaired) electrons. The molecular formula is C54H52BN7. The Morgan fingerprint density at radius 3 is 1.63 bits per heavy atom. The van der Waals surface area contributed by atoms with Crippen molar-refractivity contribution in [3.63, 3.8) is 0 Å². The highest BCUT2D eigenvalue weighted by atomic mass is 15.2. The van der Waals surface area contributed by atoms with E-state index in [1.807, 2.05) is 12.4 Å². The van der Waals surface area contributed by atoms with Crippen molar-refractivity contribution in [1.29, 1.82) is 0 Å². The molecule has 0 atom stereocenters. The summed E-state index contributed by atoms with van der Waals surface area (Å²) in [4.78, 5) is 22.2. The largest absolute Gasteiger partial charge is 0.311 e. The molecule has 306 valence electrons. The molecule has 0 amide bonds. The lowest BCUT2D eigenvalue weighted by atomic mass is 9.33. The minimum atomic E-state index is -0.0896. The standard InChI is InChI=1S/C54H52BN7/c1-51(2,3)29-13-17-33(18-14-29)60-39-20-16-31(53(7,8)9)23-36(39)55-37-24-32(54(10,11)12)22-35-34-21-30(52(4,5)6)15-19-38(34)62(47(35)37)50-43-46-41(26-57-28-59-46)61-40-25-56-27-58-45(40)42(48(43)61)49(60)44(50)55/h13-28H,1-12H3. The van der Waals surface area contributed by atoms with Crippen LogP contribution in [0.2, 0.25) is 0 Å². The summed E-state index contributed by atoms with van der Waals surface area (Å²) in [6, 6.07) is 28.8. The van der Waals surface area contributed by atoms with Gasteiger partial charge in [-0.3, -0.25) is 0 Å². The molecule has 0 N–H and O–H groups in total. The lowest BCUT2D eigenvalue weighted by Crippen LogP contribution is -2.61. The minimum absolute atomic E-state index is 0.0111. The van der Waals surface area contributed by atoms with Gasteiger partial charge in [-0.1, -0.05) is 119 Å². The van der Waals surface area contributed by atoms with Crippen LogP contribution in [0, 0.1) is 0 Å². The zero-order valence-electron chi connectivity index (χ0n) is 37.9. The second kappa shape index (κ2) is 11.8. The van der Waals surface area contributed by atoms with Crippen LogP contribution in [0.4, 0.5) is 17.1 Å². The van der Waals surface area contributed by atoms with Crippen LogP contribution in [-0.4, -0.2) is 35.6 Å². The number of hydrogen-bond acceptors (Lipinski definition) is 5. The first-order valence-electron chi connectivity index (χ1n) is 22.2. The Labute approximate surface area is 363 Å². The van der Waals surface area contributed by atoms with Gasteiger partial charge in [-0.2, -0.15) is 0 Å². The average Bonchev–Trinajstić information content (AvgIpc) is 3.86. The zero-order valence-corrected chi connectivity index (χ0v) is 37.9. The van der Waals surface area contributed by atoms with Crippen molar-refractivity contribution in [1.82, 2.24) is 28.9 Å². The lowest BCUT2D eigenvalue weighted by molar-refractivity contribution is 0.590. The molecule has 2 aliphatic heterocycles. The van der Waals surface area contributed by atoms with Gasteiger partial charge in [0.1, 0.15) is 23.7 Å². The Bertz CT molecular complexity index is 3560. The normalized spacial score (nSPS) is 14.4. The molecule has 0 bridgehead atoms. The molecular weight excluding hydrogens is 757 g/mol. The molecule has 8 heteroatoms. The van der Waals surface area contributed by atoms with Gasteiger partial charge in [-0.05, 0) is 96.7 Å². The number of anilines is 3. The summed E-state index contributed by atoms with van der Waals surface area (Å²) >= 11 is 0.